The van der Waals surface area contributed by atoms with Gasteiger partial charge < -0.3 is 4.55 Å². The number of allylic oxidation sites excluding steroid dienone is 4. The van der Waals surface area contributed by atoms with Crippen LogP contribution in [0.2, 0.25) is 0 Å². The Morgan fingerprint density at radius 2 is 2.17 bits per heavy atom. The molecule has 1 aliphatic rings. The fraction of sp³-hybridized carbons (Fsp3) is 0.429. The summed E-state index contributed by atoms with van der Waals surface area (Å²) in [6, 6.07) is 0. The van der Waals surface area contributed by atoms with E-state index in [-0.39, 0.29) is 11.3 Å². The van der Waals surface area contributed by atoms with Crippen LogP contribution in [0, 0.1) is 5.92 Å². The first kappa shape index (κ1) is 10.3. The summed E-state index contributed by atoms with van der Waals surface area (Å²) in [5.74, 6) is -0.185. The van der Waals surface area contributed by atoms with E-state index in [2.05, 4.69) is 0 Å². The molecule has 68 valence electrons. The standard InChI is InChI=1S/C7H8Cl2O2S/c1-4-6(12(10)11)3-2-5(8)7(4)9/h2-4,7H,1H3,(H,10,11)/t4?,7-/m1/s1. The zero-order valence-corrected chi connectivity index (χ0v) is 8.66. The van der Waals surface area contributed by atoms with Crippen molar-refractivity contribution in [3.63, 3.8) is 0 Å². The molecule has 0 spiro atoms. The average molecular weight is 227 g/mol. The molecule has 12 heavy (non-hydrogen) atoms. The zero-order chi connectivity index (χ0) is 9.30. The monoisotopic (exact) mass is 226 g/mol. The van der Waals surface area contributed by atoms with Gasteiger partial charge >= 0.3 is 0 Å². The Bertz CT molecular complexity index is 273. The first-order chi connectivity index (χ1) is 5.54. The summed E-state index contributed by atoms with van der Waals surface area (Å²) >= 11 is 9.66. The Kier molecular flexibility index (Phi) is 3.35. The summed E-state index contributed by atoms with van der Waals surface area (Å²) in [5, 5.41) is 0.126. The SMILES string of the molecule is CC1C(S(=O)O)=CC=C(Cl)[C@@H]1Cl. The van der Waals surface area contributed by atoms with Gasteiger partial charge in [-0.05, 0) is 12.2 Å². The van der Waals surface area contributed by atoms with Crippen LogP contribution in [0.1, 0.15) is 6.92 Å². The van der Waals surface area contributed by atoms with Crippen molar-refractivity contribution in [2.45, 2.75) is 12.3 Å². The summed E-state index contributed by atoms with van der Waals surface area (Å²) in [5.41, 5.74) is 0. The number of alkyl halides is 1. The molecular weight excluding hydrogens is 219 g/mol. The second-order valence-corrected chi connectivity index (χ2v) is 4.44. The fourth-order valence-electron chi connectivity index (χ4n) is 1.01. The second kappa shape index (κ2) is 3.92. The van der Waals surface area contributed by atoms with Crippen molar-refractivity contribution in [1.82, 2.24) is 0 Å². The van der Waals surface area contributed by atoms with Gasteiger partial charge in [0, 0.05) is 15.9 Å². The molecule has 0 bridgehead atoms. The van der Waals surface area contributed by atoms with Crippen molar-refractivity contribution < 1.29 is 8.76 Å². The molecule has 0 radical (unpaired) electrons. The van der Waals surface area contributed by atoms with Crippen LogP contribution >= 0.6 is 23.2 Å². The van der Waals surface area contributed by atoms with E-state index in [9.17, 15) is 4.21 Å². The molecular formula is C7H8Cl2O2S. The lowest BCUT2D eigenvalue weighted by Crippen LogP contribution is -2.19. The minimum Gasteiger partial charge on any atom is -0.302 e. The highest BCUT2D eigenvalue weighted by atomic mass is 35.5. The van der Waals surface area contributed by atoms with Crippen LogP contribution in [-0.4, -0.2) is 14.1 Å². The van der Waals surface area contributed by atoms with E-state index in [4.69, 9.17) is 27.8 Å². The molecule has 0 aromatic rings. The number of rotatable bonds is 1. The molecule has 0 fully saturated rings. The van der Waals surface area contributed by atoms with E-state index in [1.165, 1.54) is 0 Å². The molecule has 0 aromatic carbocycles. The number of hydrogen-bond donors (Lipinski definition) is 1. The van der Waals surface area contributed by atoms with Crippen LogP contribution in [0.4, 0.5) is 0 Å². The number of hydrogen-bond acceptors (Lipinski definition) is 1. The van der Waals surface area contributed by atoms with E-state index < -0.39 is 11.1 Å². The predicted molar refractivity (Wildman–Crippen MR) is 51.6 cm³/mol. The van der Waals surface area contributed by atoms with Crippen LogP contribution in [0.15, 0.2) is 22.1 Å². The van der Waals surface area contributed by atoms with Crippen molar-refractivity contribution in [3.05, 3.63) is 22.1 Å². The van der Waals surface area contributed by atoms with Crippen molar-refractivity contribution in [3.8, 4) is 0 Å². The predicted octanol–water partition coefficient (Wildman–Crippen LogP) is 2.47. The van der Waals surface area contributed by atoms with Crippen molar-refractivity contribution in [2.75, 3.05) is 0 Å². The Hall–Kier alpha value is 0.170. The molecule has 0 aliphatic heterocycles. The summed E-state index contributed by atoms with van der Waals surface area (Å²) < 4.78 is 19.6. The van der Waals surface area contributed by atoms with Gasteiger partial charge in [-0.3, -0.25) is 0 Å². The maximum absolute atomic E-state index is 10.7. The molecule has 0 aromatic heterocycles. The molecule has 3 atom stereocenters. The molecule has 1 rings (SSSR count). The quantitative estimate of drug-likeness (QED) is 0.551. The molecule has 1 aliphatic carbocycles. The van der Waals surface area contributed by atoms with E-state index in [0.717, 1.165) is 0 Å². The molecule has 1 N–H and O–H groups in total. The molecule has 0 saturated heterocycles. The number of halogens is 2. The van der Waals surface area contributed by atoms with E-state index in [1.54, 1.807) is 19.1 Å². The molecule has 0 saturated carbocycles. The maximum atomic E-state index is 10.7. The van der Waals surface area contributed by atoms with Gasteiger partial charge in [-0.15, -0.1) is 11.6 Å². The Balaban J connectivity index is 2.97. The topological polar surface area (TPSA) is 37.3 Å². The largest absolute Gasteiger partial charge is 0.302 e. The molecule has 0 heterocycles. The van der Waals surface area contributed by atoms with Crippen LogP contribution in [0.3, 0.4) is 0 Å². The second-order valence-electron chi connectivity index (χ2n) is 2.56. The van der Waals surface area contributed by atoms with Gasteiger partial charge in [-0.2, -0.15) is 0 Å². The van der Waals surface area contributed by atoms with Gasteiger partial charge in [0.1, 0.15) is 0 Å². The Morgan fingerprint density at radius 3 is 2.67 bits per heavy atom. The lowest BCUT2D eigenvalue weighted by atomic mass is 10.0. The zero-order valence-electron chi connectivity index (χ0n) is 6.33. The van der Waals surface area contributed by atoms with Crippen molar-refractivity contribution >= 4 is 34.3 Å². The maximum Gasteiger partial charge on any atom is 0.182 e. The average Bonchev–Trinajstić information content (AvgIpc) is 2.00. The highest BCUT2D eigenvalue weighted by molar-refractivity contribution is 7.83. The van der Waals surface area contributed by atoms with Crippen molar-refractivity contribution in [1.29, 1.82) is 0 Å². The van der Waals surface area contributed by atoms with Gasteiger partial charge in [0.2, 0.25) is 0 Å². The van der Waals surface area contributed by atoms with E-state index in [1.807, 2.05) is 0 Å². The van der Waals surface area contributed by atoms with Crippen LogP contribution in [0.25, 0.3) is 0 Å². The van der Waals surface area contributed by atoms with Crippen LogP contribution in [-0.2, 0) is 11.1 Å². The minimum atomic E-state index is -1.94. The third kappa shape index (κ3) is 1.91. The highest BCUT2D eigenvalue weighted by Gasteiger charge is 2.26. The highest BCUT2D eigenvalue weighted by Crippen LogP contribution is 2.32. The lowest BCUT2D eigenvalue weighted by Gasteiger charge is -2.21. The summed E-state index contributed by atoms with van der Waals surface area (Å²) in [7, 11) is 0. The summed E-state index contributed by atoms with van der Waals surface area (Å²) in [6.45, 7) is 1.77. The van der Waals surface area contributed by atoms with E-state index in [0.29, 0.717) is 9.94 Å². The van der Waals surface area contributed by atoms with Gasteiger partial charge in [0.15, 0.2) is 11.1 Å². The summed E-state index contributed by atoms with van der Waals surface area (Å²) in [4.78, 5) is 0.416. The molecule has 5 heteroatoms. The van der Waals surface area contributed by atoms with Crippen LogP contribution in [0.5, 0.6) is 0 Å². The van der Waals surface area contributed by atoms with Gasteiger partial charge in [0.25, 0.3) is 0 Å². The first-order valence-electron chi connectivity index (χ1n) is 3.36. The van der Waals surface area contributed by atoms with Crippen LogP contribution < -0.4 is 0 Å². The normalized spacial score (nSPS) is 32.3. The molecule has 2 unspecified atom stereocenters. The lowest BCUT2D eigenvalue weighted by molar-refractivity contribution is 0.560. The Morgan fingerprint density at radius 1 is 1.58 bits per heavy atom. The summed E-state index contributed by atoms with van der Waals surface area (Å²) in [6.07, 6.45) is 3.10. The van der Waals surface area contributed by atoms with Gasteiger partial charge in [-0.25, -0.2) is 4.21 Å². The fourth-order valence-corrected chi connectivity index (χ4v) is 2.18. The molecule has 0 amide bonds. The van der Waals surface area contributed by atoms with Gasteiger partial charge in [0.05, 0.1) is 5.38 Å². The smallest absolute Gasteiger partial charge is 0.182 e. The van der Waals surface area contributed by atoms with Crippen molar-refractivity contribution in [2.24, 2.45) is 5.92 Å². The minimum absolute atomic E-state index is 0.185. The van der Waals surface area contributed by atoms with Gasteiger partial charge in [-0.1, -0.05) is 18.5 Å². The first-order valence-corrected chi connectivity index (χ1v) is 5.28. The van der Waals surface area contributed by atoms with E-state index >= 15 is 0 Å². The molecule has 2 nitrogen and oxygen atoms in total. The Labute approximate surface area is 83.5 Å². The third-order valence-corrected chi connectivity index (χ3v) is 3.76. The third-order valence-electron chi connectivity index (χ3n) is 1.76.